The van der Waals surface area contributed by atoms with Crippen molar-refractivity contribution in [1.82, 2.24) is 10.6 Å². The van der Waals surface area contributed by atoms with E-state index < -0.39 is 18.6 Å². The van der Waals surface area contributed by atoms with Crippen LogP contribution in [0.3, 0.4) is 0 Å². The van der Waals surface area contributed by atoms with Crippen LogP contribution in [0.4, 0.5) is 13.2 Å². The largest absolute Gasteiger partial charge is 0.391 e. The number of benzene rings is 1. The Kier molecular flexibility index (Phi) is 6.68. The average molecular weight is 337 g/mol. The Morgan fingerprint density at radius 3 is 2.36 bits per heavy atom. The van der Waals surface area contributed by atoms with Gasteiger partial charge < -0.3 is 10.6 Å². The molecule has 2 unspecified atom stereocenters. The van der Waals surface area contributed by atoms with Gasteiger partial charge in [-0.2, -0.15) is 13.2 Å². The molecular formula is C15H20ClF3N2O. The SMILES string of the molecule is CC(C(=O)NC(CC(F)(F)F)c1ccccc1)C1CNC1.Cl. The van der Waals surface area contributed by atoms with E-state index in [4.69, 9.17) is 0 Å². The molecule has 2 rings (SSSR count). The molecule has 0 aliphatic carbocycles. The predicted molar refractivity (Wildman–Crippen MR) is 80.8 cm³/mol. The van der Waals surface area contributed by atoms with Gasteiger partial charge in [-0.15, -0.1) is 12.4 Å². The maximum Gasteiger partial charge on any atom is 0.391 e. The molecule has 1 aliphatic rings. The molecule has 0 radical (unpaired) electrons. The van der Waals surface area contributed by atoms with E-state index in [2.05, 4.69) is 10.6 Å². The van der Waals surface area contributed by atoms with E-state index in [9.17, 15) is 18.0 Å². The number of halogens is 4. The number of alkyl halides is 3. The van der Waals surface area contributed by atoms with Crippen LogP contribution in [-0.2, 0) is 4.79 Å². The summed E-state index contributed by atoms with van der Waals surface area (Å²) in [5.74, 6) is -0.405. The minimum absolute atomic E-state index is 0. The minimum atomic E-state index is -4.32. The first-order valence-corrected chi connectivity index (χ1v) is 6.99. The molecule has 124 valence electrons. The first-order valence-electron chi connectivity index (χ1n) is 6.99. The fourth-order valence-electron chi connectivity index (χ4n) is 2.35. The lowest BCUT2D eigenvalue weighted by Crippen LogP contribution is -2.50. The Hall–Kier alpha value is -1.27. The summed E-state index contributed by atoms with van der Waals surface area (Å²) in [6.07, 6.45) is -5.38. The highest BCUT2D eigenvalue weighted by atomic mass is 35.5. The molecule has 3 nitrogen and oxygen atoms in total. The van der Waals surface area contributed by atoms with E-state index in [1.54, 1.807) is 37.3 Å². The molecular weight excluding hydrogens is 317 g/mol. The summed E-state index contributed by atoms with van der Waals surface area (Å²) < 4.78 is 38.2. The van der Waals surface area contributed by atoms with Crippen molar-refractivity contribution in [2.24, 2.45) is 11.8 Å². The Labute approximate surface area is 134 Å². The van der Waals surface area contributed by atoms with Gasteiger partial charge in [0.15, 0.2) is 0 Å². The van der Waals surface area contributed by atoms with Crippen molar-refractivity contribution in [3.05, 3.63) is 35.9 Å². The van der Waals surface area contributed by atoms with Crippen LogP contribution in [0.15, 0.2) is 30.3 Å². The Bertz CT molecular complexity index is 477. The zero-order valence-corrected chi connectivity index (χ0v) is 13.0. The van der Waals surface area contributed by atoms with Crippen LogP contribution in [0.1, 0.15) is 24.9 Å². The first-order chi connectivity index (χ1) is 9.87. The third kappa shape index (κ3) is 5.18. The van der Waals surface area contributed by atoms with Gasteiger partial charge in [0.1, 0.15) is 0 Å². The summed E-state index contributed by atoms with van der Waals surface area (Å²) >= 11 is 0. The highest BCUT2D eigenvalue weighted by molar-refractivity contribution is 5.85. The number of carbonyl (C=O) groups excluding carboxylic acids is 1. The van der Waals surface area contributed by atoms with E-state index in [1.807, 2.05) is 0 Å². The van der Waals surface area contributed by atoms with Crippen molar-refractivity contribution < 1.29 is 18.0 Å². The second-order valence-corrected chi connectivity index (χ2v) is 5.50. The second kappa shape index (κ2) is 7.83. The maximum atomic E-state index is 12.7. The van der Waals surface area contributed by atoms with Crippen molar-refractivity contribution >= 4 is 18.3 Å². The molecule has 2 atom stereocenters. The summed E-state index contributed by atoms with van der Waals surface area (Å²) in [6, 6.07) is 7.25. The van der Waals surface area contributed by atoms with Crippen molar-refractivity contribution in [2.45, 2.75) is 25.6 Å². The number of hydrogen-bond acceptors (Lipinski definition) is 2. The van der Waals surface area contributed by atoms with Crippen LogP contribution in [0.2, 0.25) is 0 Å². The van der Waals surface area contributed by atoms with Gasteiger partial charge in [-0.25, -0.2) is 0 Å². The van der Waals surface area contributed by atoms with Gasteiger partial charge >= 0.3 is 6.18 Å². The molecule has 1 heterocycles. The number of rotatable bonds is 5. The van der Waals surface area contributed by atoms with Gasteiger partial charge in [-0.3, -0.25) is 4.79 Å². The summed E-state index contributed by atoms with van der Waals surface area (Å²) in [5.41, 5.74) is 0.474. The molecule has 0 bridgehead atoms. The molecule has 7 heteroatoms. The molecule has 1 fully saturated rings. The van der Waals surface area contributed by atoms with Crippen molar-refractivity contribution in [1.29, 1.82) is 0 Å². The number of hydrogen-bond donors (Lipinski definition) is 2. The van der Waals surface area contributed by atoms with E-state index >= 15 is 0 Å². The van der Waals surface area contributed by atoms with Gasteiger partial charge in [0.05, 0.1) is 12.5 Å². The number of carbonyl (C=O) groups is 1. The Morgan fingerprint density at radius 2 is 1.91 bits per heavy atom. The van der Waals surface area contributed by atoms with Crippen LogP contribution in [0, 0.1) is 11.8 Å². The van der Waals surface area contributed by atoms with Gasteiger partial charge in [0.2, 0.25) is 5.91 Å². The van der Waals surface area contributed by atoms with Crippen molar-refractivity contribution in [2.75, 3.05) is 13.1 Å². The van der Waals surface area contributed by atoms with E-state index in [-0.39, 0.29) is 30.2 Å². The molecule has 0 spiro atoms. The maximum absolute atomic E-state index is 12.7. The predicted octanol–water partition coefficient (Wildman–Crippen LogP) is 3.07. The normalized spacial score (nSPS) is 17.8. The zero-order valence-electron chi connectivity index (χ0n) is 12.2. The molecule has 1 aromatic carbocycles. The van der Waals surface area contributed by atoms with Crippen LogP contribution >= 0.6 is 12.4 Å². The fourth-order valence-corrected chi connectivity index (χ4v) is 2.35. The number of nitrogens with one attached hydrogen (secondary N) is 2. The smallest absolute Gasteiger partial charge is 0.349 e. The molecule has 1 aliphatic heterocycles. The topological polar surface area (TPSA) is 41.1 Å². The van der Waals surface area contributed by atoms with Gasteiger partial charge in [-0.1, -0.05) is 37.3 Å². The van der Waals surface area contributed by atoms with E-state index in [0.717, 1.165) is 13.1 Å². The molecule has 2 N–H and O–H groups in total. The van der Waals surface area contributed by atoms with Gasteiger partial charge in [-0.05, 0) is 24.6 Å². The zero-order chi connectivity index (χ0) is 15.5. The minimum Gasteiger partial charge on any atom is -0.349 e. The van der Waals surface area contributed by atoms with Crippen LogP contribution in [0.5, 0.6) is 0 Å². The lowest BCUT2D eigenvalue weighted by molar-refractivity contribution is -0.144. The Balaban J connectivity index is 0.00000242. The van der Waals surface area contributed by atoms with E-state index in [0.29, 0.717) is 5.56 Å². The van der Waals surface area contributed by atoms with Crippen molar-refractivity contribution in [3.63, 3.8) is 0 Å². The van der Waals surface area contributed by atoms with Crippen molar-refractivity contribution in [3.8, 4) is 0 Å². The third-order valence-electron chi connectivity index (χ3n) is 3.89. The van der Waals surface area contributed by atoms with Gasteiger partial charge in [0, 0.05) is 5.92 Å². The van der Waals surface area contributed by atoms with Gasteiger partial charge in [0.25, 0.3) is 0 Å². The summed E-state index contributed by atoms with van der Waals surface area (Å²) in [5, 5.41) is 5.61. The molecule has 22 heavy (non-hydrogen) atoms. The standard InChI is InChI=1S/C15H19F3N2O.ClH/c1-10(12-8-19-9-12)14(21)20-13(7-15(16,17)18)11-5-3-2-4-6-11;/h2-6,10,12-13,19H,7-9H2,1H3,(H,20,21);1H. The lowest BCUT2D eigenvalue weighted by Gasteiger charge is -2.33. The number of amides is 1. The molecule has 0 saturated carbocycles. The molecule has 1 saturated heterocycles. The summed E-state index contributed by atoms with van der Waals surface area (Å²) in [4.78, 5) is 12.1. The van der Waals surface area contributed by atoms with E-state index in [1.165, 1.54) is 0 Å². The van der Waals surface area contributed by atoms with Crippen LogP contribution < -0.4 is 10.6 Å². The average Bonchev–Trinajstić information content (AvgIpc) is 2.35. The highest BCUT2D eigenvalue weighted by Crippen LogP contribution is 2.30. The second-order valence-electron chi connectivity index (χ2n) is 5.50. The third-order valence-corrected chi connectivity index (χ3v) is 3.89. The quantitative estimate of drug-likeness (QED) is 0.867. The van der Waals surface area contributed by atoms with Crippen LogP contribution in [0.25, 0.3) is 0 Å². The summed E-state index contributed by atoms with van der Waals surface area (Å²) in [7, 11) is 0. The fraction of sp³-hybridized carbons (Fsp3) is 0.533. The lowest BCUT2D eigenvalue weighted by atomic mass is 9.88. The molecule has 1 aromatic rings. The summed E-state index contributed by atoms with van der Waals surface area (Å²) in [6.45, 7) is 3.24. The molecule has 1 amide bonds. The Morgan fingerprint density at radius 1 is 1.32 bits per heavy atom. The highest BCUT2D eigenvalue weighted by Gasteiger charge is 2.35. The molecule has 0 aromatic heterocycles. The first kappa shape index (κ1) is 18.8. The monoisotopic (exact) mass is 336 g/mol. The van der Waals surface area contributed by atoms with Crippen LogP contribution in [-0.4, -0.2) is 25.2 Å².